The van der Waals surface area contributed by atoms with Crippen molar-refractivity contribution < 1.29 is 9.90 Å². The van der Waals surface area contributed by atoms with Gasteiger partial charge in [0.1, 0.15) is 6.10 Å². The topological polar surface area (TPSA) is 49.3 Å². The van der Waals surface area contributed by atoms with Crippen molar-refractivity contribution in [1.82, 2.24) is 0 Å². The summed E-state index contributed by atoms with van der Waals surface area (Å²) >= 11 is 3.41. The van der Waals surface area contributed by atoms with Crippen LogP contribution >= 0.6 is 15.9 Å². The number of amides is 1. The van der Waals surface area contributed by atoms with Crippen LogP contribution in [0.25, 0.3) is 10.8 Å². The lowest BCUT2D eigenvalue weighted by Crippen LogP contribution is -2.12. The number of rotatable bonds is 0. The van der Waals surface area contributed by atoms with Crippen LogP contribution in [-0.2, 0) is 0 Å². The summed E-state index contributed by atoms with van der Waals surface area (Å²) in [5.41, 5.74) is 2.48. The van der Waals surface area contributed by atoms with Crippen molar-refractivity contribution in [2.75, 3.05) is 5.32 Å². The van der Waals surface area contributed by atoms with E-state index < -0.39 is 6.10 Å². The smallest absolute Gasteiger partial charge is 0.256 e. The second kappa shape index (κ2) is 4.93. The zero-order chi connectivity index (χ0) is 15.3. The SMILES string of the molecule is O=C1Nc2ccc(Br)cc2C(O)c2cc3ccccc3cc21. The maximum Gasteiger partial charge on any atom is 0.256 e. The van der Waals surface area contributed by atoms with E-state index in [0.29, 0.717) is 22.4 Å². The Morgan fingerprint density at radius 2 is 1.68 bits per heavy atom. The van der Waals surface area contributed by atoms with Gasteiger partial charge >= 0.3 is 0 Å². The molecule has 3 aromatic carbocycles. The number of nitrogens with one attached hydrogen (secondary N) is 1. The zero-order valence-corrected chi connectivity index (χ0v) is 13.1. The molecule has 2 N–H and O–H groups in total. The van der Waals surface area contributed by atoms with Gasteiger partial charge < -0.3 is 10.4 Å². The first kappa shape index (κ1) is 13.5. The predicted molar refractivity (Wildman–Crippen MR) is 90.1 cm³/mol. The summed E-state index contributed by atoms with van der Waals surface area (Å²) in [6, 6.07) is 17.0. The van der Waals surface area contributed by atoms with Crippen molar-refractivity contribution >= 4 is 38.3 Å². The van der Waals surface area contributed by atoms with Gasteiger partial charge in [0.25, 0.3) is 5.91 Å². The molecule has 1 amide bonds. The molecule has 1 atom stereocenters. The second-order valence-corrected chi connectivity index (χ2v) is 6.29. The van der Waals surface area contributed by atoms with Crippen LogP contribution in [0.1, 0.15) is 27.6 Å². The maximum absolute atomic E-state index is 12.5. The van der Waals surface area contributed by atoms with Crippen LogP contribution in [0.2, 0.25) is 0 Å². The van der Waals surface area contributed by atoms with Gasteiger partial charge in [-0.2, -0.15) is 0 Å². The minimum absolute atomic E-state index is 0.194. The Morgan fingerprint density at radius 3 is 2.45 bits per heavy atom. The molecule has 108 valence electrons. The number of carbonyl (C=O) groups is 1. The van der Waals surface area contributed by atoms with Gasteiger partial charge in [-0.05, 0) is 46.7 Å². The molecule has 0 spiro atoms. The zero-order valence-electron chi connectivity index (χ0n) is 11.5. The molecule has 1 aliphatic heterocycles. The van der Waals surface area contributed by atoms with Crippen molar-refractivity contribution in [2.45, 2.75) is 6.10 Å². The van der Waals surface area contributed by atoms with Gasteiger partial charge in [-0.1, -0.05) is 40.2 Å². The van der Waals surface area contributed by atoms with Crippen molar-refractivity contribution in [3.05, 3.63) is 75.8 Å². The summed E-state index contributed by atoms with van der Waals surface area (Å²) in [5, 5.41) is 15.7. The van der Waals surface area contributed by atoms with Gasteiger partial charge in [-0.3, -0.25) is 4.79 Å². The second-order valence-electron chi connectivity index (χ2n) is 5.37. The molecule has 3 nitrogen and oxygen atoms in total. The third-order valence-corrected chi connectivity index (χ3v) is 4.51. The highest BCUT2D eigenvalue weighted by atomic mass is 79.9. The van der Waals surface area contributed by atoms with Gasteiger partial charge in [0, 0.05) is 21.3 Å². The molecule has 0 radical (unpaired) electrons. The molecule has 4 heteroatoms. The summed E-state index contributed by atoms with van der Waals surface area (Å²) in [5.74, 6) is -0.194. The Morgan fingerprint density at radius 1 is 0.955 bits per heavy atom. The number of aliphatic hydroxyl groups is 1. The maximum atomic E-state index is 12.5. The number of halogens is 1. The minimum atomic E-state index is -0.842. The van der Waals surface area contributed by atoms with Crippen molar-refractivity contribution in [3.8, 4) is 0 Å². The number of fused-ring (bicyclic) bond motifs is 3. The van der Waals surface area contributed by atoms with E-state index in [1.165, 1.54) is 0 Å². The van der Waals surface area contributed by atoms with Gasteiger partial charge in [0.2, 0.25) is 0 Å². The Balaban J connectivity index is 2.01. The highest BCUT2D eigenvalue weighted by molar-refractivity contribution is 9.10. The fourth-order valence-electron chi connectivity index (χ4n) is 2.91. The molecule has 1 aliphatic rings. The molecule has 1 unspecified atom stereocenters. The Hall–Kier alpha value is -2.17. The average Bonchev–Trinajstić information content (AvgIpc) is 2.63. The fraction of sp³-hybridized carbons (Fsp3) is 0.0556. The first-order valence-electron chi connectivity index (χ1n) is 6.95. The van der Waals surface area contributed by atoms with Crippen LogP contribution in [-0.4, -0.2) is 11.0 Å². The Kier molecular flexibility index (Phi) is 3.03. The minimum Gasteiger partial charge on any atom is -0.384 e. The van der Waals surface area contributed by atoms with Crippen LogP contribution in [0.5, 0.6) is 0 Å². The number of carbonyl (C=O) groups excluding carboxylic acids is 1. The first-order valence-corrected chi connectivity index (χ1v) is 7.74. The number of aliphatic hydroxyl groups excluding tert-OH is 1. The Labute approximate surface area is 135 Å². The van der Waals surface area contributed by atoms with Gasteiger partial charge in [-0.25, -0.2) is 0 Å². The van der Waals surface area contributed by atoms with Crippen LogP contribution < -0.4 is 5.32 Å². The molecular weight excluding hydrogens is 342 g/mol. The highest BCUT2D eigenvalue weighted by Gasteiger charge is 2.26. The molecule has 22 heavy (non-hydrogen) atoms. The van der Waals surface area contributed by atoms with Crippen molar-refractivity contribution in [2.24, 2.45) is 0 Å². The van der Waals surface area contributed by atoms with Gasteiger partial charge in [0.05, 0.1) is 0 Å². The standard InChI is InChI=1S/C18H12BrNO2/c19-12-5-6-16-15(9-12)17(21)13-7-10-3-1-2-4-11(10)8-14(13)18(22)20-16/h1-9,17,21H,(H,20,22). The fourth-order valence-corrected chi connectivity index (χ4v) is 3.29. The molecule has 4 rings (SSSR count). The number of hydrogen-bond acceptors (Lipinski definition) is 2. The normalized spacial score (nSPS) is 16.6. The number of hydrogen-bond donors (Lipinski definition) is 2. The third-order valence-electron chi connectivity index (χ3n) is 4.01. The summed E-state index contributed by atoms with van der Waals surface area (Å²) in [6.45, 7) is 0. The first-order chi connectivity index (χ1) is 10.6. The van der Waals surface area contributed by atoms with Crippen LogP contribution in [0.3, 0.4) is 0 Å². The van der Waals surface area contributed by atoms with Crippen LogP contribution in [0.4, 0.5) is 5.69 Å². The number of anilines is 1. The van der Waals surface area contributed by atoms with Crippen LogP contribution in [0.15, 0.2) is 59.1 Å². The molecule has 0 saturated carbocycles. The lowest BCUT2D eigenvalue weighted by atomic mass is 9.94. The molecule has 0 aromatic heterocycles. The van der Waals surface area contributed by atoms with E-state index in [2.05, 4.69) is 21.2 Å². The quantitative estimate of drug-likeness (QED) is 0.634. The predicted octanol–water partition coefficient (Wildman–Crippen LogP) is 4.25. The van der Waals surface area contributed by atoms with Gasteiger partial charge in [-0.15, -0.1) is 0 Å². The van der Waals surface area contributed by atoms with Crippen molar-refractivity contribution in [1.29, 1.82) is 0 Å². The molecular formula is C18H12BrNO2. The van der Waals surface area contributed by atoms with E-state index in [1.807, 2.05) is 48.5 Å². The van der Waals surface area contributed by atoms with E-state index in [9.17, 15) is 9.90 Å². The van der Waals surface area contributed by atoms with E-state index in [1.54, 1.807) is 6.07 Å². The lowest BCUT2D eigenvalue weighted by molar-refractivity contribution is 0.102. The monoisotopic (exact) mass is 353 g/mol. The molecule has 1 heterocycles. The number of benzene rings is 3. The molecule has 0 fully saturated rings. The molecule has 0 saturated heterocycles. The van der Waals surface area contributed by atoms with Crippen LogP contribution in [0, 0.1) is 0 Å². The average molecular weight is 354 g/mol. The summed E-state index contributed by atoms with van der Waals surface area (Å²) in [4.78, 5) is 12.5. The largest absolute Gasteiger partial charge is 0.384 e. The van der Waals surface area contributed by atoms with E-state index in [-0.39, 0.29) is 5.91 Å². The summed E-state index contributed by atoms with van der Waals surface area (Å²) in [7, 11) is 0. The van der Waals surface area contributed by atoms with Gasteiger partial charge in [0.15, 0.2) is 0 Å². The molecule has 0 aliphatic carbocycles. The van der Waals surface area contributed by atoms with E-state index >= 15 is 0 Å². The highest BCUT2D eigenvalue weighted by Crippen LogP contribution is 2.37. The Bertz CT molecular complexity index is 920. The summed E-state index contributed by atoms with van der Waals surface area (Å²) in [6.07, 6.45) is -0.842. The molecule has 3 aromatic rings. The lowest BCUT2D eigenvalue weighted by Gasteiger charge is -2.14. The molecule has 0 bridgehead atoms. The summed E-state index contributed by atoms with van der Waals surface area (Å²) < 4.78 is 0.865. The third kappa shape index (κ3) is 2.03. The van der Waals surface area contributed by atoms with Crippen molar-refractivity contribution in [3.63, 3.8) is 0 Å². The van der Waals surface area contributed by atoms with E-state index in [4.69, 9.17) is 0 Å². The van der Waals surface area contributed by atoms with E-state index in [0.717, 1.165) is 15.2 Å².